The van der Waals surface area contributed by atoms with Gasteiger partial charge in [-0.25, -0.2) is 4.98 Å². The summed E-state index contributed by atoms with van der Waals surface area (Å²) in [6.45, 7) is 4.35. The second-order valence-corrected chi connectivity index (χ2v) is 7.35. The summed E-state index contributed by atoms with van der Waals surface area (Å²) in [5.74, 6) is 0. The van der Waals surface area contributed by atoms with Crippen molar-refractivity contribution in [1.82, 2.24) is 14.8 Å². The zero-order chi connectivity index (χ0) is 14.1. The molecule has 1 unspecified atom stereocenters. The van der Waals surface area contributed by atoms with E-state index in [0.717, 1.165) is 41.3 Å². The summed E-state index contributed by atoms with van der Waals surface area (Å²) in [6, 6.07) is 6.77. The molecule has 2 aromatic rings. The second kappa shape index (κ2) is 5.97. The maximum absolute atomic E-state index is 4.64. The number of piperazine rings is 1. The van der Waals surface area contributed by atoms with E-state index < -0.39 is 0 Å². The molecule has 0 bridgehead atoms. The second-order valence-electron chi connectivity index (χ2n) is 5.41. The van der Waals surface area contributed by atoms with Gasteiger partial charge in [0.05, 0.1) is 10.2 Å². The summed E-state index contributed by atoms with van der Waals surface area (Å²) >= 11 is 5.22. The van der Waals surface area contributed by atoms with E-state index in [1.165, 1.54) is 4.70 Å². The van der Waals surface area contributed by atoms with Crippen molar-refractivity contribution in [2.75, 3.05) is 45.6 Å². The van der Waals surface area contributed by atoms with Crippen LogP contribution in [0.4, 0.5) is 5.13 Å². The summed E-state index contributed by atoms with van der Waals surface area (Å²) in [6.07, 6.45) is 0. The number of hydrogen-bond donors (Lipinski definition) is 1. The Bertz CT molecular complexity index is 600. The molecule has 1 atom stereocenters. The fourth-order valence-electron chi connectivity index (χ4n) is 2.50. The summed E-state index contributed by atoms with van der Waals surface area (Å²) < 4.78 is 2.32. The molecule has 1 aliphatic rings. The highest BCUT2D eigenvalue weighted by Gasteiger charge is 2.22. The molecule has 3 rings (SSSR count). The Balaban J connectivity index is 1.67. The Labute approximate surface area is 131 Å². The zero-order valence-corrected chi connectivity index (χ0v) is 14.2. The van der Waals surface area contributed by atoms with Crippen molar-refractivity contribution >= 4 is 42.6 Å². The van der Waals surface area contributed by atoms with Gasteiger partial charge in [-0.3, -0.25) is 4.90 Å². The molecule has 1 N–H and O–H groups in total. The third-order valence-corrected chi connectivity index (χ3v) is 5.29. The number of likely N-dealkylation sites (N-methyl/N-ethyl adjacent to an activating group) is 2. The van der Waals surface area contributed by atoms with Crippen LogP contribution in [0.1, 0.15) is 0 Å². The van der Waals surface area contributed by atoms with E-state index in [1.807, 2.05) is 6.07 Å². The standard InChI is InChI=1S/C14H19BrN4S/c1-18-5-6-19(2)11(9-18)8-16-14-17-12-4-3-10(15)7-13(12)20-14/h3-4,7,11H,5-6,8-9H2,1-2H3,(H,16,17). The van der Waals surface area contributed by atoms with Gasteiger partial charge in [-0.05, 0) is 32.3 Å². The highest BCUT2D eigenvalue weighted by Crippen LogP contribution is 2.28. The van der Waals surface area contributed by atoms with E-state index in [1.54, 1.807) is 11.3 Å². The molecule has 0 spiro atoms. The third kappa shape index (κ3) is 3.14. The molecule has 6 heteroatoms. The van der Waals surface area contributed by atoms with Gasteiger partial charge in [0.15, 0.2) is 5.13 Å². The third-order valence-electron chi connectivity index (χ3n) is 3.82. The lowest BCUT2D eigenvalue weighted by Gasteiger charge is -2.37. The normalized spacial score (nSPS) is 21.4. The lowest BCUT2D eigenvalue weighted by atomic mass is 10.2. The summed E-state index contributed by atoms with van der Waals surface area (Å²) in [7, 11) is 4.39. The lowest BCUT2D eigenvalue weighted by Crippen LogP contribution is -2.52. The van der Waals surface area contributed by atoms with Crippen LogP contribution in [0.2, 0.25) is 0 Å². The van der Waals surface area contributed by atoms with Crippen molar-refractivity contribution in [3.05, 3.63) is 22.7 Å². The van der Waals surface area contributed by atoms with E-state index >= 15 is 0 Å². The van der Waals surface area contributed by atoms with Gasteiger partial charge < -0.3 is 10.2 Å². The minimum Gasteiger partial charge on any atom is -0.360 e. The molecular formula is C14H19BrN4S. The van der Waals surface area contributed by atoms with Gasteiger partial charge in [0.1, 0.15) is 0 Å². The van der Waals surface area contributed by atoms with Crippen LogP contribution in [0.25, 0.3) is 10.2 Å². The van der Waals surface area contributed by atoms with Crippen LogP contribution in [-0.2, 0) is 0 Å². The molecule has 1 saturated heterocycles. The first-order valence-electron chi connectivity index (χ1n) is 6.80. The number of rotatable bonds is 3. The van der Waals surface area contributed by atoms with Crippen LogP contribution in [0.3, 0.4) is 0 Å². The van der Waals surface area contributed by atoms with Crippen LogP contribution in [0.5, 0.6) is 0 Å². The van der Waals surface area contributed by atoms with Gasteiger partial charge in [-0.15, -0.1) is 0 Å². The van der Waals surface area contributed by atoms with Gasteiger partial charge in [-0.2, -0.15) is 0 Å². The minimum absolute atomic E-state index is 0.549. The summed E-state index contributed by atoms with van der Waals surface area (Å²) in [5.41, 5.74) is 1.06. The maximum Gasteiger partial charge on any atom is 0.183 e. The Morgan fingerprint density at radius 1 is 1.40 bits per heavy atom. The minimum atomic E-state index is 0.549. The fourth-order valence-corrected chi connectivity index (χ4v) is 3.93. The van der Waals surface area contributed by atoms with Gasteiger partial charge in [-0.1, -0.05) is 27.3 Å². The first kappa shape index (κ1) is 14.3. The van der Waals surface area contributed by atoms with E-state index in [2.05, 4.69) is 62.3 Å². The predicted octanol–water partition coefficient (Wildman–Crippen LogP) is 2.72. The first-order chi connectivity index (χ1) is 9.61. The highest BCUT2D eigenvalue weighted by molar-refractivity contribution is 9.10. The molecule has 1 fully saturated rings. The number of thiazole rings is 1. The van der Waals surface area contributed by atoms with Crippen LogP contribution in [-0.4, -0.2) is 61.1 Å². The quantitative estimate of drug-likeness (QED) is 0.918. The largest absolute Gasteiger partial charge is 0.360 e. The number of fused-ring (bicyclic) bond motifs is 1. The summed E-state index contributed by atoms with van der Waals surface area (Å²) in [5, 5.41) is 4.51. The molecule has 0 aliphatic carbocycles. The summed E-state index contributed by atoms with van der Waals surface area (Å²) in [4.78, 5) is 9.45. The van der Waals surface area contributed by atoms with E-state index in [0.29, 0.717) is 6.04 Å². The molecule has 1 aromatic carbocycles. The van der Waals surface area contributed by atoms with Crippen molar-refractivity contribution < 1.29 is 0 Å². The smallest absolute Gasteiger partial charge is 0.183 e. The Kier molecular flexibility index (Phi) is 4.26. The Morgan fingerprint density at radius 2 is 2.25 bits per heavy atom. The Hall–Kier alpha value is -0.690. The SMILES string of the molecule is CN1CCN(C)C(CNc2nc3ccc(Br)cc3s2)C1. The molecule has 4 nitrogen and oxygen atoms in total. The highest BCUT2D eigenvalue weighted by atomic mass is 79.9. The lowest BCUT2D eigenvalue weighted by molar-refractivity contribution is 0.122. The van der Waals surface area contributed by atoms with E-state index in [-0.39, 0.29) is 0 Å². The van der Waals surface area contributed by atoms with Gasteiger partial charge >= 0.3 is 0 Å². The molecule has 0 amide bonds. The maximum atomic E-state index is 4.64. The fraction of sp³-hybridized carbons (Fsp3) is 0.500. The molecule has 1 aliphatic heterocycles. The molecule has 0 radical (unpaired) electrons. The van der Waals surface area contributed by atoms with Gasteiger partial charge in [0.25, 0.3) is 0 Å². The number of nitrogens with one attached hydrogen (secondary N) is 1. The molecule has 108 valence electrons. The van der Waals surface area contributed by atoms with Crippen LogP contribution >= 0.6 is 27.3 Å². The van der Waals surface area contributed by atoms with Crippen LogP contribution < -0.4 is 5.32 Å². The number of halogens is 1. The molecule has 1 aromatic heterocycles. The molecular weight excluding hydrogens is 336 g/mol. The molecule has 20 heavy (non-hydrogen) atoms. The van der Waals surface area contributed by atoms with Crippen molar-refractivity contribution in [3.63, 3.8) is 0 Å². The van der Waals surface area contributed by atoms with Crippen LogP contribution in [0, 0.1) is 0 Å². The molecule has 0 saturated carbocycles. The number of anilines is 1. The Morgan fingerprint density at radius 3 is 3.10 bits per heavy atom. The zero-order valence-electron chi connectivity index (χ0n) is 11.8. The monoisotopic (exact) mass is 354 g/mol. The van der Waals surface area contributed by atoms with Gasteiger partial charge in [0.2, 0.25) is 0 Å². The topological polar surface area (TPSA) is 31.4 Å². The van der Waals surface area contributed by atoms with E-state index in [4.69, 9.17) is 0 Å². The van der Waals surface area contributed by atoms with Crippen molar-refractivity contribution in [1.29, 1.82) is 0 Å². The van der Waals surface area contributed by atoms with Gasteiger partial charge in [0, 0.05) is 36.7 Å². The number of aromatic nitrogens is 1. The van der Waals surface area contributed by atoms with Crippen LogP contribution in [0.15, 0.2) is 22.7 Å². The number of nitrogens with zero attached hydrogens (tertiary/aromatic N) is 3. The van der Waals surface area contributed by atoms with Crippen molar-refractivity contribution in [3.8, 4) is 0 Å². The van der Waals surface area contributed by atoms with E-state index in [9.17, 15) is 0 Å². The average Bonchev–Trinajstić information content (AvgIpc) is 2.81. The first-order valence-corrected chi connectivity index (χ1v) is 8.41. The van der Waals surface area contributed by atoms with Crippen molar-refractivity contribution in [2.45, 2.75) is 6.04 Å². The number of benzene rings is 1. The molecule has 2 heterocycles. The number of hydrogen-bond acceptors (Lipinski definition) is 5. The average molecular weight is 355 g/mol. The van der Waals surface area contributed by atoms with Crippen molar-refractivity contribution in [2.24, 2.45) is 0 Å². The predicted molar refractivity (Wildman–Crippen MR) is 89.7 cm³/mol.